The second-order valence-corrected chi connectivity index (χ2v) is 5.01. The normalized spacial score (nSPS) is 17.8. The van der Waals surface area contributed by atoms with Gasteiger partial charge in [0.1, 0.15) is 0 Å². The number of aliphatic hydroxyl groups is 1. The van der Waals surface area contributed by atoms with Gasteiger partial charge in [0.25, 0.3) is 0 Å². The first-order chi connectivity index (χ1) is 7.65. The first kappa shape index (κ1) is 11.8. The van der Waals surface area contributed by atoms with Crippen molar-refractivity contribution in [3.8, 4) is 0 Å². The Hall–Kier alpha value is -0.640. The van der Waals surface area contributed by atoms with Gasteiger partial charge >= 0.3 is 0 Å². The molecule has 0 spiro atoms. The zero-order valence-electron chi connectivity index (χ0n) is 9.43. The molecule has 1 atom stereocenters. The van der Waals surface area contributed by atoms with Gasteiger partial charge in [0.05, 0.1) is 16.8 Å². The lowest BCUT2D eigenvalue weighted by molar-refractivity contribution is 0.104. The van der Waals surface area contributed by atoms with Gasteiger partial charge in [-0.3, -0.25) is 9.88 Å². The average Bonchev–Trinajstić information content (AvgIpc) is 3.04. The topological polar surface area (TPSA) is 36.4 Å². The maximum absolute atomic E-state index is 9.80. The third kappa shape index (κ3) is 3.44. The Balaban J connectivity index is 1.81. The second-order valence-electron chi connectivity index (χ2n) is 4.57. The number of aromatic nitrogens is 1. The molecule has 1 fully saturated rings. The van der Waals surface area contributed by atoms with Crippen molar-refractivity contribution >= 4 is 11.6 Å². The van der Waals surface area contributed by atoms with Crippen molar-refractivity contribution in [3.63, 3.8) is 0 Å². The first-order valence-corrected chi connectivity index (χ1v) is 6.00. The summed E-state index contributed by atoms with van der Waals surface area (Å²) in [6.45, 7) is 1.47. The van der Waals surface area contributed by atoms with Gasteiger partial charge < -0.3 is 5.11 Å². The van der Waals surface area contributed by atoms with E-state index >= 15 is 0 Å². The third-order valence-electron chi connectivity index (χ3n) is 2.89. The molecule has 0 radical (unpaired) electrons. The van der Waals surface area contributed by atoms with E-state index in [1.54, 1.807) is 6.20 Å². The first-order valence-electron chi connectivity index (χ1n) is 5.62. The largest absolute Gasteiger partial charge is 0.392 e. The van der Waals surface area contributed by atoms with E-state index in [0.717, 1.165) is 18.8 Å². The number of nitrogens with zero attached hydrogens (tertiary/aromatic N) is 2. The summed E-state index contributed by atoms with van der Waals surface area (Å²) in [5.41, 5.74) is 0.981. The van der Waals surface area contributed by atoms with Crippen LogP contribution in [0.2, 0.25) is 5.02 Å². The van der Waals surface area contributed by atoms with Crippen LogP contribution in [0.5, 0.6) is 0 Å². The number of pyridine rings is 1. The molecule has 1 heterocycles. The average molecular weight is 241 g/mol. The Morgan fingerprint density at radius 3 is 2.88 bits per heavy atom. The van der Waals surface area contributed by atoms with Gasteiger partial charge in [-0.1, -0.05) is 11.6 Å². The Labute approximate surface area is 101 Å². The number of halogens is 1. The van der Waals surface area contributed by atoms with E-state index in [-0.39, 0.29) is 6.10 Å². The standard InChI is InChI=1S/C12H17ClN2O/c1-15(8-12(16)9-2-3-9)7-11-5-4-10(13)6-14-11/h4-6,9,12,16H,2-3,7-8H2,1H3. The lowest BCUT2D eigenvalue weighted by Gasteiger charge is -2.19. The molecule has 1 aromatic rings. The SMILES string of the molecule is CN(Cc1ccc(Cl)cn1)CC(O)C1CC1. The molecular weight excluding hydrogens is 224 g/mol. The summed E-state index contributed by atoms with van der Waals surface area (Å²) < 4.78 is 0. The van der Waals surface area contributed by atoms with Crippen molar-refractivity contribution in [2.75, 3.05) is 13.6 Å². The molecule has 1 aliphatic rings. The predicted octanol–water partition coefficient (Wildman–Crippen LogP) is 1.94. The van der Waals surface area contributed by atoms with E-state index in [1.807, 2.05) is 19.2 Å². The molecule has 88 valence electrons. The highest BCUT2D eigenvalue weighted by Gasteiger charge is 2.30. The Morgan fingerprint density at radius 1 is 1.56 bits per heavy atom. The van der Waals surface area contributed by atoms with Crippen molar-refractivity contribution in [1.29, 1.82) is 0 Å². The molecule has 0 aliphatic heterocycles. The smallest absolute Gasteiger partial charge is 0.0695 e. The van der Waals surface area contributed by atoms with Crippen molar-refractivity contribution in [3.05, 3.63) is 29.0 Å². The number of likely N-dealkylation sites (N-methyl/N-ethyl adjacent to an activating group) is 1. The van der Waals surface area contributed by atoms with Crippen LogP contribution in [-0.2, 0) is 6.54 Å². The van der Waals surface area contributed by atoms with Crippen LogP contribution in [0.25, 0.3) is 0 Å². The van der Waals surface area contributed by atoms with Crippen LogP contribution in [0.1, 0.15) is 18.5 Å². The number of hydrogen-bond acceptors (Lipinski definition) is 3. The summed E-state index contributed by atoms with van der Waals surface area (Å²) in [5, 5.41) is 10.5. The Bertz CT molecular complexity index is 337. The van der Waals surface area contributed by atoms with Crippen LogP contribution in [0.15, 0.2) is 18.3 Å². The summed E-state index contributed by atoms with van der Waals surface area (Å²) in [5.74, 6) is 0.528. The molecule has 1 N–H and O–H groups in total. The number of aliphatic hydroxyl groups excluding tert-OH is 1. The van der Waals surface area contributed by atoms with Gasteiger partial charge in [0, 0.05) is 19.3 Å². The Kier molecular flexibility index (Phi) is 3.79. The zero-order valence-corrected chi connectivity index (χ0v) is 10.2. The monoisotopic (exact) mass is 240 g/mol. The molecule has 4 heteroatoms. The fourth-order valence-corrected chi connectivity index (χ4v) is 1.90. The molecule has 1 saturated carbocycles. The third-order valence-corrected chi connectivity index (χ3v) is 3.11. The van der Waals surface area contributed by atoms with E-state index < -0.39 is 0 Å². The molecule has 2 rings (SSSR count). The molecule has 0 saturated heterocycles. The van der Waals surface area contributed by atoms with E-state index in [1.165, 1.54) is 12.8 Å². The van der Waals surface area contributed by atoms with Gasteiger partial charge in [-0.05, 0) is 37.9 Å². The van der Waals surface area contributed by atoms with Gasteiger partial charge in [0.2, 0.25) is 0 Å². The number of hydrogen-bond donors (Lipinski definition) is 1. The molecule has 0 aromatic carbocycles. The molecule has 0 bridgehead atoms. The fourth-order valence-electron chi connectivity index (χ4n) is 1.79. The van der Waals surface area contributed by atoms with E-state index in [4.69, 9.17) is 11.6 Å². The lowest BCUT2D eigenvalue weighted by atomic mass is 10.2. The number of rotatable bonds is 5. The highest BCUT2D eigenvalue weighted by molar-refractivity contribution is 6.30. The molecule has 3 nitrogen and oxygen atoms in total. The minimum absolute atomic E-state index is 0.183. The second kappa shape index (κ2) is 5.13. The van der Waals surface area contributed by atoms with Crippen LogP contribution in [-0.4, -0.2) is 34.7 Å². The van der Waals surface area contributed by atoms with Gasteiger partial charge in [-0.2, -0.15) is 0 Å². The summed E-state index contributed by atoms with van der Waals surface area (Å²) in [7, 11) is 2.00. The molecule has 1 unspecified atom stereocenters. The van der Waals surface area contributed by atoms with Crippen molar-refractivity contribution in [2.24, 2.45) is 5.92 Å². The van der Waals surface area contributed by atoms with Crippen LogP contribution < -0.4 is 0 Å². The van der Waals surface area contributed by atoms with E-state index in [9.17, 15) is 5.11 Å². The van der Waals surface area contributed by atoms with Gasteiger partial charge in [-0.15, -0.1) is 0 Å². The van der Waals surface area contributed by atoms with Crippen molar-refractivity contribution in [2.45, 2.75) is 25.5 Å². The highest BCUT2D eigenvalue weighted by atomic mass is 35.5. The zero-order chi connectivity index (χ0) is 11.5. The lowest BCUT2D eigenvalue weighted by Crippen LogP contribution is -2.30. The minimum Gasteiger partial charge on any atom is -0.392 e. The quantitative estimate of drug-likeness (QED) is 0.855. The van der Waals surface area contributed by atoms with Crippen LogP contribution in [0.4, 0.5) is 0 Å². The van der Waals surface area contributed by atoms with Crippen LogP contribution in [0.3, 0.4) is 0 Å². The summed E-state index contributed by atoms with van der Waals surface area (Å²) >= 11 is 5.77. The maximum Gasteiger partial charge on any atom is 0.0695 e. The maximum atomic E-state index is 9.80. The molecule has 1 aromatic heterocycles. The summed E-state index contributed by atoms with van der Waals surface area (Å²) in [4.78, 5) is 6.33. The van der Waals surface area contributed by atoms with Gasteiger partial charge in [0.15, 0.2) is 0 Å². The fraction of sp³-hybridized carbons (Fsp3) is 0.583. The summed E-state index contributed by atoms with van der Waals surface area (Å²) in [6, 6.07) is 3.76. The van der Waals surface area contributed by atoms with Crippen LogP contribution in [0, 0.1) is 5.92 Å². The molecule has 0 amide bonds. The molecule has 16 heavy (non-hydrogen) atoms. The van der Waals surface area contributed by atoms with E-state index in [2.05, 4.69) is 9.88 Å². The summed E-state index contributed by atoms with van der Waals surface area (Å²) in [6.07, 6.45) is 3.82. The predicted molar refractivity (Wildman–Crippen MR) is 64.3 cm³/mol. The molecular formula is C12H17ClN2O. The van der Waals surface area contributed by atoms with Crippen molar-refractivity contribution in [1.82, 2.24) is 9.88 Å². The minimum atomic E-state index is -0.183. The van der Waals surface area contributed by atoms with Crippen LogP contribution >= 0.6 is 11.6 Å². The van der Waals surface area contributed by atoms with Gasteiger partial charge in [-0.25, -0.2) is 0 Å². The molecule has 1 aliphatic carbocycles. The highest BCUT2D eigenvalue weighted by Crippen LogP contribution is 2.32. The van der Waals surface area contributed by atoms with Crippen molar-refractivity contribution < 1.29 is 5.11 Å². The Morgan fingerprint density at radius 2 is 2.31 bits per heavy atom. The van der Waals surface area contributed by atoms with E-state index in [0.29, 0.717) is 10.9 Å².